The Morgan fingerprint density at radius 3 is 2.55 bits per heavy atom. The predicted molar refractivity (Wildman–Crippen MR) is 120 cm³/mol. The second-order valence-corrected chi connectivity index (χ2v) is 9.34. The summed E-state index contributed by atoms with van der Waals surface area (Å²) in [7, 11) is 1.26. The summed E-state index contributed by atoms with van der Waals surface area (Å²) in [6.45, 7) is 3.21. The van der Waals surface area contributed by atoms with Crippen molar-refractivity contribution in [2.75, 3.05) is 26.8 Å². The van der Waals surface area contributed by atoms with E-state index in [9.17, 15) is 9.18 Å². The van der Waals surface area contributed by atoms with Gasteiger partial charge in [0.15, 0.2) is 0 Å². The molecule has 7 heteroatoms. The number of nitrogens with zero attached hydrogens (tertiary/aromatic N) is 1. The molecule has 1 saturated carbocycles. The van der Waals surface area contributed by atoms with Crippen molar-refractivity contribution in [1.29, 1.82) is 0 Å². The van der Waals surface area contributed by atoms with Gasteiger partial charge in [-0.2, -0.15) is 0 Å². The van der Waals surface area contributed by atoms with Gasteiger partial charge < -0.3 is 9.47 Å². The van der Waals surface area contributed by atoms with Crippen molar-refractivity contribution >= 4 is 29.2 Å². The van der Waals surface area contributed by atoms with E-state index in [1.165, 1.54) is 13.2 Å². The van der Waals surface area contributed by atoms with Gasteiger partial charge in [0.05, 0.1) is 19.3 Å². The molecule has 4 nitrogen and oxygen atoms in total. The molecule has 1 heterocycles. The van der Waals surface area contributed by atoms with E-state index in [0.29, 0.717) is 34.2 Å². The average Bonchev–Trinajstić information content (AvgIpc) is 3.56. The fourth-order valence-corrected chi connectivity index (χ4v) is 4.85. The van der Waals surface area contributed by atoms with Crippen LogP contribution in [0.5, 0.6) is 5.75 Å². The topological polar surface area (TPSA) is 38.8 Å². The van der Waals surface area contributed by atoms with Gasteiger partial charge in [0.25, 0.3) is 0 Å². The summed E-state index contributed by atoms with van der Waals surface area (Å²) in [6.07, 6.45) is 4.20. The first-order valence-corrected chi connectivity index (χ1v) is 11.4. The molecular formula is C24H26Cl2FNO3. The summed E-state index contributed by atoms with van der Waals surface area (Å²) in [4.78, 5) is 14.2. The minimum atomic E-state index is -0.657. The SMILES string of the molecule is COC(=O)c1cc(C2CC2)c(OCC2CCCN(Cc3cc(Cl)cc(Cl)c3)C2)cc1F. The molecule has 0 aromatic heterocycles. The molecule has 31 heavy (non-hydrogen) atoms. The molecule has 1 aliphatic heterocycles. The quantitative estimate of drug-likeness (QED) is 0.463. The second kappa shape index (κ2) is 9.76. The van der Waals surface area contributed by atoms with Crippen LogP contribution in [-0.2, 0) is 11.3 Å². The molecule has 2 aromatic rings. The van der Waals surface area contributed by atoms with Gasteiger partial charge in [-0.25, -0.2) is 9.18 Å². The maximum Gasteiger partial charge on any atom is 0.340 e. The highest BCUT2D eigenvalue weighted by Gasteiger charge is 2.30. The molecule has 0 spiro atoms. The molecular weight excluding hydrogens is 440 g/mol. The van der Waals surface area contributed by atoms with Crippen LogP contribution in [-0.4, -0.2) is 37.7 Å². The number of esters is 1. The lowest BCUT2D eigenvalue weighted by molar-refractivity contribution is 0.0595. The number of benzene rings is 2. The van der Waals surface area contributed by atoms with E-state index < -0.39 is 11.8 Å². The number of methoxy groups -OCH3 is 1. The largest absolute Gasteiger partial charge is 0.493 e. The van der Waals surface area contributed by atoms with Crippen molar-refractivity contribution in [3.8, 4) is 5.75 Å². The standard InChI is InChI=1S/C24H26Cl2FNO3/c1-30-24(29)21-10-20(17-4-5-17)23(11-22(21)27)31-14-15-3-2-6-28(12-15)13-16-7-18(25)9-19(26)8-16/h7-11,15,17H,2-6,12-14H2,1H3. The van der Waals surface area contributed by atoms with Crippen molar-refractivity contribution in [2.45, 2.75) is 38.1 Å². The van der Waals surface area contributed by atoms with Crippen LogP contribution >= 0.6 is 23.2 Å². The normalized spacial score (nSPS) is 19.3. The summed E-state index contributed by atoms with van der Waals surface area (Å²) in [5, 5.41) is 1.29. The monoisotopic (exact) mass is 465 g/mol. The molecule has 0 amide bonds. The highest BCUT2D eigenvalue weighted by Crippen LogP contribution is 2.45. The molecule has 1 unspecified atom stereocenters. The van der Waals surface area contributed by atoms with E-state index in [0.717, 1.165) is 56.4 Å². The highest BCUT2D eigenvalue weighted by atomic mass is 35.5. The Bertz CT molecular complexity index is 944. The molecule has 0 N–H and O–H groups in total. The smallest absolute Gasteiger partial charge is 0.340 e. The third kappa shape index (κ3) is 5.71. The van der Waals surface area contributed by atoms with Crippen LogP contribution in [0.1, 0.15) is 53.1 Å². The van der Waals surface area contributed by atoms with Crippen LogP contribution in [0.2, 0.25) is 10.0 Å². The average molecular weight is 466 g/mol. The molecule has 1 atom stereocenters. The number of piperidine rings is 1. The van der Waals surface area contributed by atoms with Gasteiger partial charge >= 0.3 is 5.97 Å². The van der Waals surface area contributed by atoms with Crippen molar-refractivity contribution in [1.82, 2.24) is 4.90 Å². The second-order valence-electron chi connectivity index (χ2n) is 8.47. The molecule has 4 rings (SSSR count). The van der Waals surface area contributed by atoms with E-state index in [4.69, 9.17) is 32.7 Å². The van der Waals surface area contributed by atoms with Crippen LogP contribution in [0.3, 0.4) is 0 Å². The van der Waals surface area contributed by atoms with E-state index >= 15 is 0 Å². The number of carbonyl (C=O) groups excluding carboxylic acids is 1. The minimum absolute atomic E-state index is 0.0271. The summed E-state index contributed by atoms with van der Waals surface area (Å²) >= 11 is 12.3. The molecule has 166 valence electrons. The Morgan fingerprint density at radius 1 is 1.13 bits per heavy atom. The first kappa shape index (κ1) is 22.4. The number of hydrogen-bond acceptors (Lipinski definition) is 4. The lowest BCUT2D eigenvalue weighted by atomic mass is 9.98. The highest BCUT2D eigenvalue weighted by molar-refractivity contribution is 6.34. The van der Waals surface area contributed by atoms with Crippen LogP contribution in [0, 0.1) is 11.7 Å². The van der Waals surface area contributed by atoms with Gasteiger partial charge in [-0.15, -0.1) is 0 Å². The Morgan fingerprint density at radius 2 is 1.87 bits per heavy atom. The Hall–Kier alpha value is -1.82. The van der Waals surface area contributed by atoms with Crippen LogP contribution in [0.4, 0.5) is 4.39 Å². The van der Waals surface area contributed by atoms with Gasteiger partial charge in [0.2, 0.25) is 0 Å². The van der Waals surface area contributed by atoms with Crippen molar-refractivity contribution in [3.05, 3.63) is 62.9 Å². The lowest BCUT2D eigenvalue weighted by Gasteiger charge is -2.33. The first-order chi connectivity index (χ1) is 14.9. The number of rotatable bonds is 7. The maximum absolute atomic E-state index is 14.5. The van der Waals surface area contributed by atoms with Crippen LogP contribution < -0.4 is 4.74 Å². The lowest BCUT2D eigenvalue weighted by Crippen LogP contribution is -2.37. The Labute approximate surface area is 192 Å². The van der Waals surface area contributed by atoms with Gasteiger partial charge in [0.1, 0.15) is 11.6 Å². The van der Waals surface area contributed by atoms with E-state index in [-0.39, 0.29) is 5.56 Å². The number of likely N-dealkylation sites (tertiary alicyclic amines) is 1. The van der Waals surface area contributed by atoms with Crippen LogP contribution in [0.15, 0.2) is 30.3 Å². The Balaban J connectivity index is 1.40. The van der Waals surface area contributed by atoms with E-state index in [1.807, 2.05) is 12.1 Å². The van der Waals surface area contributed by atoms with Crippen molar-refractivity contribution in [2.24, 2.45) is 5.92 Å². The Kier molecular flexibility index (Phi) is 7.05. The predicted octanol–water partition coefficient (Wildman–Crippen LogP) is 6.09. The molecule has 2 aromatic carbocycles. The number of ether oxygens (including phenoxy) is 2. The fraction of sp³-hybridized carbons (Fsp3) is 0.458. The minimum Gasteiger partial charge on any atom is -0.493 e. The zero-order valence-corrected chi connectivity index (χ0v) is 19.0. The maximum atomic E-state index is 14.5. The number of halogens is 3. The van der Waals surface area contributed by atoms with Gasteiger partial charge in [-0.05, 0) is 73.5 Å². The molecule has 2 aliphatic rings. The zero-order chi connectivity index (χ0) is 22.0. The summed E-state index contributed by atoms with van der Waals surface area (Å²) in [5.41, 5.74) is 1.97. The van der Waals surface area contributed by atoms with Crippen LogP contribution in [0.25, 0.3) is 0 Å². The molecule has 0 radical (unpaired) electrons. The summed E-state index contributed by atoms with van der Waals surface area (Å²) in [5.74, 6) is -0.0380. The van der Waals surface area contributed by atoms with E-state index in [2.05, 4.69) is 4.90 Å². The number of hydrogen-bond donors (Lipinski definition) is 0. The zero-order valence-electron chi connectivity index (χ0n) is 17.5. The van der Waals surface area contributed by atoms with Gasteiger partial charge in [-0.3, -0.25) is 4.90 Å². The van der Waals surface area contributed by atoms with Crippen molar-refractivity contribution in [3.63, 3.8) is 0 Å². The summed E-state index contributed by atoms with van der Waals surface area (Å²) in [6, 6.07) is 8.57. The van der Waals surface area contributed by atoms with E-state index in [1.54, 1.807) is 12.1 Å². The van der Waals surface area contributed by atoms with Gasteiger partial charge in [0, 0.05) is 35.1 Å². The van der Waals surface area contributed by atoms with Crippen molar-refractivity contribution < 1.29 is 18.7 Å². The molecule has 2 fully saturated rings. The number of carbonyl (C=O) groups is 1. The fourth-order valence-electron chi connectivity index (χ4n) is 4.28. The molecule has 0 bridgehead atoms. The molecule has 1 aliphatic carbocycles. The summed E-state index contributed by atoms with van der Waals surface area (Å²) < 4.78 is 25.3. The first-order valence-electron chi connectivity index (χ1n) is 10.6. The molecule has 1 saturated heterocycles. The third-order valence-electron chi connectivity index (χ3n) is 5.93. The van der Waals surface area contributed by atoms with Gasteiger partial charge in [-0.1, -0.05) is 23.2 Å². The third-order valence-corrected chi connectivity index (χ3v) is 6.36.